The highest BCUT2D eigenvalue weighted by molar-refractivity contribution is 5.82. The quantitative estimate of drug-likeness (QED) is 0.661. The lowest BCUT2D eigenvalue weighted by Crippen LogP contribution is -2.52. The largest absolute Gasteiger partial charge is 0.340 e. The van der Waals surface area contributed by atoms with E-state index in [2.05, 4.69) is 5.32 Å². The summed E-state index contributed by atoms with van der Waals surface area (Å²) >= 11 is 0. The molecule has 0 aromatic heterocycles. The number of amides is 1. The van der Waals surface area contributed by atoms with E-state index in [1.54, 1.807) is 0 Å². The molecule has 1 atom stereocenters. The fourth-order valence-corrected chi connectivity index (χ4v) is 1.63. The van der Waals surface area contributed by atoms with Crippen molar-refractivity contribution in [2.45, 2.75) is 20.3 Å². The van der Waals surface area contributed by atoms with Gasteiger partial charge in [0, 0.05) is 32.7 Å². The van der Waals surface area contributed by atoms with Crippen LogP contribution in [0, 0.1) is 5.41 Å². The van der Waals surface area contributed by atoms with Crippen LogP contribution in [0.5, 0.6) is 0 Å². The SMILES string of the molecule is CCC(C)(CN)C(=O)N1CCNCC1. The van der Waals surface area contributed by atoms with Gasteiger partial charge in [-0.1, -0.05) is 6.92 Å². The van der Waals surface area contributed by atoms with E-state index in [4.69, 9.17) is 5.73 Å². The summed E-state index contributed by atoms with van der Waals surface area (Å²) in [7, 11) is 0. The second kappa shape index (κ2) is 4.75. The maximum atomic E-state index is 12.1. The lowest BCUT2D eigenvalue weighted by atomic mass is 9.86. The number of rotatable bonds is 3. The van der Waals surface area contributed by atoms with Crippen molar-refractivity contribution in [3.05, 3.63) is 0 Å². The molecule has 0 aliphatic carbocycles. The predicted molar refractivity (Wildman–Crippen MR) is 56.9 cm³/mol. The van der Waals surface area contributed by atoms with Crippen LogP contribution in [-0.4, -0.2) is 43.5 Å². The molecule has 82 valence electrons. The van der Waals surface area contributed by atoms with Gasteiger partial charge in [-0.05, 0) is 13.3 Å². The Hall–Kier alpha value is -0.610. The minimum Gasteiger partial charge on any atom is -0.340 e. The Morgan fingerprint density at radius 3 is 2.50 bits per heavy atom. The van der Waals surface area contributed by atoms with Crippen molar-refractivity contribution in [2.75, 3.05) is 32.7 Å². The van der Waals surface area contributed by atoms with E-state index in [0.29, 0.717) is 6.54 Å². The third-order valence-electron chi connectivity index (χ3n) is 3.15. The summed E-state index contributed by atoms with van der Waals surface area (Å²) in [5.41, 5.74) is 5.30. The molecule has 0 radical (unpaired) electrons. The summed E-state index contributed by atoms with van der Waals surface area (Å²) in [5, 5.41) is 3.23. The first-order valence-electron chi connectivity index (χ1n) is 5.34. The molecule has 1 fully saturated rings. The molecule has 4 nitrogen and oxygen atoms in total. The number of carbonyl (C=O) groups is 1. The van der Waals surface area contributed by atoms with E-state index >= 15 is 0 Å². The van der Waals surface area contributed by atoms with Gasteiger partial charge < -0.3 is 16.0 Å². The second-order valence-corrected chi connectivity index (χ2v) is 4.16. The summed E-state index contributed by atoms with van der Waals surface area (Å²) < 4.78 is 0. The Kier molecular flexibility index (Phi) is 3.89. The summed E-state index contributed by atoms with van der Waals surface area (Å²) in [6.07, 6.45) is 0.812. The van der Waals surface area contributed by atoms with Crippen molar-refractivity contribution in [2.24, 2.45) is 11.1 Å². The van der Waals surface area contributed by atoms with Crippen LogP contribution in [0.4, 0.5) is 0 Å². The van der Waals surface area contributed by atoms with Gasteiger partial charge in [-0.2, -0.15) is 0 Å². The van der Waals surface area contributed by atoms with Crippen molar-refractivity contribution in [1.29, 1.82) is 0 Å². The first-order valence-corrected chi connectivity index (χ1v) is 5.34. The summed E-state index contributed by atoms with van der Waals surface area (Å²) in [6.45, 7) is 7.84. The minimum atomic E-state index is -0.364. The third-order valence-corrected chi connectivity index (χ3v) is 3.15. The molecular formula is C10H21N3O. The Bertz CT molecular complexity index is 196. The highest BCUT2D eigenvalue weighted by Crippen LogP contribution is 2.22. The van der Waals surface area contributed by atoms with Gasteiger partial charge in [0.2, 0.25) is 5.91 Å². The standard InChI is InChI=1S/C10H21N3O/c1-3-10(2,8-11)9(14)13-6-4-12-5-7-13/h12H,3-8,11H2,1-2H3. The zero-order chi connectivity index (χ0) is 10.6. The van der Waals surface area contributed by atoms with E-state index < -0.39 is 0 Å². The Balaban J connectivity index is 2.61. The van der Waals surface area contributed by atoms with E-state index in [1.165, 1.54) is 0 Å². The van der Waals surface area contributed by atoms with Crippen LogP contribution < -0.4 is 11.1 Å². The zero-order valence-electron chi connectivity index (χ0n) is 9.18. The third kappa shape index (κ3) is 2.25. The molecule has 1 heterocycles. The zero-order valence-corrected chi connectivity index (χ0v) is 9.18. The van der Waals surface area contributed by atoms with Gasteiger partial charge in [0.05, 0.1) is 5.41 Å². The van der Waals surface area contributed by atoms with Crippen LogP contribution in [0.2, 0.25) is 0 Å². The van der Waals surface area contributed by atoms with Crippen LogP contribution >= 0.6 is 0 Å². The average Bonchev–Trinajstić information content (AvgIpc) is 2.28. The lowest BCUT2D eigenvalue weighted by molar-refractivity contribution is -0.141. The molecule has 0 saturated carbocycles. The molecule has 1 unspecified atom stereocenters. The van der Waals surface area contributed by atoms with Crippen LogP contribution in [0.1, 0.15) is 20.3 Å². The molecule has 1 aliphatic heterocycles. The summed E-state index contributed by atoms with van der Waals surface area (Å²) in [4.78, 5) is 14.0. The smallest absolute Gasteiger partial charge is 0.229 e. The molecule has 0 aromatic carbocycles. The molecule has 1 amide bonds. The van der Waals surface area contributed by atoms with E-state index in [-0.39, 0.29) is 11.3 Å². The number of nitrogens with one attached hydrogen (secondary N) is 1. The molecule has 1 rings (SSSR count). The van der Waals surface area contributed by atoms with Gasteiger partial charge in [0.15, 0.2) is 0 Å². The van der Waals surface area contributed by atoms with Crippen LogP contribution in [0.3, 0.4) is 0 Å². The number of piperazine rings is 1. The molecule has 1 saturated heterocycles. The molecule has 0 spiro atoms. The van der Waals surface area contributed by atoms with Crippen LogP contribution in [0.25, 0.3) is 0 Å². The van der Waals surface area contributed by atoms with Crippen molar-refractivity contribution in [1.82, 2.24) is 10.2 Å². The van der Waals surface area contributed by atoms with Gasteiger partial charge >= 0.3 is 0 Å². The fraction of sp³-hybridized carbons (Fsp3) is 0.900. The van der Waals surface area contributed by atoms with Gasteiger partial charge in [-0.15, -0.1) is 0 Å². The topological polar surface area (TPSA) is 58.4 Å². The molecule has 0 bridgehead atoms. The average molecular weight is 199 g/mol. The van der Waals surface area contributed by atoms with Gasteiger partial charge in [0.25, 0.3) is 0 Å². The van der Waals surface area contributed by atoms with Crippen molar-refractivity contribution in [3.63, 3.8) is 0 Å². The first kappa shape index (κ1) is 11.5. The summed E-state index contributed by atoms with van der Waals surface area (Å²) in [6, 6.07) is 0. The fourth-order valence-electron chi connectivity index (χ4n) is 1.63. The maximum absolute atomic E-state index is 12.1. The Morgan fingerprint density at radius 1 is 1.50 bits per heavy atom. The molecular weight excluding hydrogens is 178 g/mol. The number of nitrogens with two attached hydrogens (primary N) is 1. The van der Waals surface area contributed by atoms with E-state index in [9.17, 15) is 4.79 Å². The number of nitrogens with zero attached hydrogens (tertiary/aromatic N) is 1. The minimum absolute atomic E-state index is 0.212. The number of hydrogen-bond donors (Lipinski definition) is 2. The monoisotopic (exact) mass is 199 g/mol. The first-order chi connectivity index (χ1) is 6.64. The Labute approximate surface area is 85.8 Å². The molecule has 3 N–H and O–H groups in total. The maximum Gasteiger partial charge on any atom is 0.229 e. The van der Waals surface area contributed by atoms with Gasteiger partial charge in [-0.25, -0.2) is 0 Å². The highest BCUT2D eigenvalue weighted by atomic mass is 16.2. The molecule has 1 aliphatic rings. The van der Waals surface area contributed by atoms with Gasteiger partial charge in [-0.3, -0.25) is 4.79 Å². The van der Waals surface area contributed by atoms with E-state index in [1.807, 2.05) is 18.7 Å². The lowest BCUT2D eigenvalue weighted by Gasteiger charge is -2.35. The normalized spacial score (nSPS) is 21.8. The van der Waals surface area contributed by atoms with Crippen LogP contribution in [-0.2, 0) is 4.79 Å². The van der Waals surface area contributed by atoms with Crippen molar-refractivity contribution < 1.29 is 4.79 Å². The molecule has 14 heavy (non-hydrogen) atoms. The van der Waals surface area contributed by atoms with Gasteiger partial charge in [0.1, 0.15) is 0 Å². The number of carbonyl (C=O) groups excluding carboxylic acids is 1. The second-order valence-electron chi connectivity index (χ2n) is 4.16. The van der Waals surface area contributed by atoms with Crippen molar-refractivity contribution in [3.8, 4) is 0 Å². The molecule has 4 heteroatoms. The summed E-state index contributed by atoms with van der Waals surface area (Å²) in [5.74, 6) is 0.212. The van der Waals surface area contributed by atoms with Crippen LogP contribution in [0.15, 0.2) is 0 Å². The van der Waals surface area contributed by atoms with Crippen molar-refractivity contribution >= 4 is 5.91 Å². The number of hydrogen-bond acceptors (Lipinski definition) is 3. The van der Waals surface area contributed by atoms with E-state index in [0.717, 1.165) is 32.6 Å². The molecule has 0 aromatic rings. The Morgan fingerprint density at radius 2 is 2.07 bits per heavy atom. The predicted octanol–water partition coefficient (Wildman–Crippen LogP) is -0.207. The highest BCUT2D eigenvalue weighted by Gasteiger charge is 2.33.